The average molecular weight is 142 g/mol. The number of hydrogen-bond acceptors (Lipinski definition) is 1. The van der Waals surface area contributed by atoms with Gasteiger partial charge in [0.25, 0.3) is 11.4 Å². The average Bonchev–Trinajstić information content (AvgIpc) is 0.811. The predicted octanol–water partition coefficient (Wildman–Crippen LogP) is -4.85. The minimum absolute atomic E-state index is 0. The zero-order valence-electron chi connectivity index (χ0n) is 4.71. The summed E-state index contributed by atoms with van der Waals surface area (Å²) in [5, 5.41) is 0. The summed E-state index contributed by atoms with van der Waals surface area (Å²) < 4.78 is 22.8. The van der Waals surface area contributed by atoms with Crippen molar-refractivity contribution in [1.29, 1.82) is 0 Å². The first-order valence-electron chi connectivity index (χ1n) is 0.532. The molecule has 0 aliphatic heterocycles. The number of rotatable bonds is 0. The quantitative estimate of drug-likeness (QED) is 0.260. The molecule has 5 nitrogen and oxygen atoms in total. The van der Waals surface area contributed by atoms with Crippen LogP contribution in [0.15, 0.2) is 0 Å². The fourth-order valence-electron chi connectivity index (χ4n) is 0. The molecule has 44 valence electrons. The summed E-state index contributed by atoms with van der Waals surface area (Å²) in [6.45, 7) is 0. The third kappa shape index (κ3) is 178. The molecule has 0 aromatic rings. The fourth-order valence-corrected chi connectivity index (χ4v) is 0. The van der Waals surface area contributed by atoms with Crippen LogP contribution >= 0.6 is 0 Å². The molecule has 7 heavy (non-hydrogen) atoms. The van der Waals surface area contributed by atoms with Crippen LogP contribution in [0.2, 0.25) is 0 Å². The summed E-state index contributed by atoms with van der Waals surface area (Å²) in [4.78, 5) is 0. The van der Waals surface area contributed by atoms with Crippen molar-refractivity contribution in [3.8, 4) is 0 Å². The Balaban J connectivity index is -0.00000000750. The Hall–Kier alpha value is 0.990. The van der Waals surface area contributed by atoms with Gasteiger partial charge in [-0.25, -0.2) is 0 Å². The van der Waals surface area contributed by atoms with Crippen molar-refractivity contribution in [3.05, 3.63) is 0 Å². The smallest absolute Gasteiger partial charge is 1.00 e. The van der Waals surface area contributed by atoms with Crippen LogP contribution in [0.25, 0.3) is 0 Å². The van der Waals surface area contributed by atoms with E-state index in [9.17, 15) is 0 Å². The van der Waals surface area contributed by atoms with Gasteiger partial charge >= 0.3 is 29.6 Å². The van der Waals surface area contributed by atoms with Crippen LogP contribution < -0.4 is 29.6 Å². The first-order chi connectivity index (χ1) is 1.73. The van der Waals surface area contributed by atoms with Gasteiger partial charge in [0.05, 0.1) is 0 Å². The van der Waals surface area contributed by atoms with Gasteiger partial charge in [-0.3, -0.25) is 9.11 Å². The Labute approximate surface area is 66.6 Å². The van der Waals surface area contributed by atoms with Gasteiger partial charge in [0.2, 0.25) is 0 Å². The van der Waals surface area contributed by atoms with Gasteiger partial charge < -0.3 is 12.4 Å². The van der Waals surface area contributed by atoms with Crippen LogP contribution in [-0.4, -0.2) is 24.3 Å². The molecule has 0 heterocycles. The normalized spacial score (nSPS) is 5.00. The van der Waals surface area contributed by atoms with Gasteiger partial charge in [0, 0.05) is 0 Å². The third-order valence-electron chi connectivity index (χ3n) is 0. The van der Waals surface area contributed by atoms with Gasteiger partial charge in [-0.05, 0) is 0 Å². The summed E-state index contributed by atoms with van der Waals surface area (Å²) >= 11 is -2.61. The van der Waals surface area contributed by atoms with E-state index < -0.39 is 11.4 Å². The predicted molar refractivity (Wildman–Crippen MR) is 21.7 cm³/mol. The molecule has 0 saturated carbocycles. The zero-order chi connectivity index (χ0) is 3.58. The van der Waals surface area contributed by atoms with Crippen molar-refractivity contribution in [2.75, 3.05) is 0 Å². The van der Waals surface area contributed by atoms with E-state index in [1.807, 2.05) is 0 Å². The maximum absolute atomic E-state index is 8.67. The van der Waals surface area contributed by atoms with Gasteiger partial charge in [-0.2, -0.15) is 4.21 Å². The third-order valence-corrected chi connectivity index (χ3v) is 0. The molecule has 0 aliphatic carbocycles. The maximum atomic E-state index is 8.67. The Bertz CT molecular complexity index is 35.4. The standard InChI is InChI=1S/Na.H2O3S.2H2O.H/c;1-4(2)3;;;/h;(H2,1,2,3);2*1H2;/q+1;;;;-1. The Morgan fingerprint density at radius 2 is 1.29 bits per heavy atom. The van der Waals surface area contributed by atoms with Gasteiger partial charge in [-0.15, -0.1) is 0 Å². The van der Waals surface area contributed by atoms with Gasteiger partial charge in [0.1, 0.15) is 0 Å². The summed E-state index contributed by atoms with van der Waals surface area (Å²) in [7, 11) is 0. The molecular formula is H7NaO5S. The van der Waals surface area contributed by atoms with E-state index in [1.165, 1.54) is 0 Å². The van der Waals surface area contributed by atoms with E-state index in [1.54, 1.807) is 0 Å². The van der Waals surface area contributed by atoms with Crippen LogP contribution in [0.5, 0.6) is 0 Å². The van der Waals surface area contributed by atoms with E-state index in [4.69, 9.17) is 13.3 Å². The van der Waals surface area contributed by atoms with Crippen LogP contribution in [0, 0.1) is 0 Å². The topological polar surface area (TPSA) is 121 Å². The Kier molecular flexibility index (Phi) is 55.2. The van der Waals surface area contributed by atoms with Crippen molar-refractivity contribution in [3.63, 3.8) is 0 Å². The molecule has 0 fully saturated rings. The summed E-state index contributed by atoms with van der Waals surface area (Å²) in [5.74, 6) is 0. The molecule has 0 aliphatic rings. The molecule has 0 aromatic carbocycles. The van der Waals surface area contributed by atoms with E-state index in [2.05, 4.69) is 0 Å². The van der Waals surface area contributed by atoms with Crippen molar-refractivity contribution >= 4 is 11.4 Å². The molecule has 0 spiro atoms. The maximum Gasteiger partial charge on any atom is 1.00 e. The first-order valence-corrected chi connectivity index (χ1v) is 1.60. The van der Waals surface area contributed by atoms with Crippen LogP contribution in [0.3, 0.4) is 0 Å². The van der Waals surface area contributed by atoms with Crippen molar-refractivity contribution < 1.29 is 55.3 Å². The van der Waals surface area contributed by atoms with Crippen molar-refractivity contribution in [1.82, 2.24) is 0 Å². The SMILES string of the molecule is O.O.O=S(O)O.[H-].[Na+]. The summed E-state index contributed by atoms with van der Waals surface area (Å²) in [6, 6.07) is 0. The molecule has 0 amide bonds. The Morgan fingerprint density at radius 3 is 1.29 bits per heavy atom. The van der Waals surface area contributed by atoms with Crippen LogP contribution in [-0.2, 0) is 11.4 Å². The first kappa shape index (κ1) is 24.5. The molecule has 0 aromatic heterocycles. The van der Waals surface area contributed by atoms with Crippen LogP contribution in [0.1, 0.15) is 1.43 Å². The minimum Gasteiger partial charge on any atom is -1.00 e. The van der Waals surface area contributed by atoms with Crippen molar-refractivity contribution in [2.24, 2.45) is 0 Å². The molecule has 7 heteroatoms. The molecule has 0 radical (unpaired) electrons. The second kappa shape index (κ2) is 15.8. The van der Waals surface area contributed by atoms with Crippen molar-refractivity contribution in [2.45, 2.75) is 0 Å². The largest absolute Gasteiger partial charge is 1.00 e. The minimum atomic E-state index is -2.61. The van der Waals surface area contributed by atoms with E-state index in [0.29, 0.717) is 0 Å². The summed E-state index contributed by atoms with van der Waals surface area (Å²) in [5.41, 5.74) is 0. The zero-order valence-corrected chi connectivity index (χ0v) is 6.53. The van der Waals surface area contributed by atoms with E-state index in [-0.39, 0.29) is 41.9 Å². The summed E-state index contributed by atoms with van der Waals surface area (Å²) in [6.07, 6.45) is 0. The second-order valence-corrected chi connectivity index (χ2v) is 0.692. The number of hydrogen-bond donors (Lipinski definition) is 2. The van der Waals surface area contributed by atoms with E-state index >= 15 is 0 Å². The molecule has 0 rings (SSSR count). The molecule has 6 N–H and O–H groups in total. The van der Waals surface area contributed by atoms with Crippen LogP contribution in [0.4, 0.5) is 0 Å². The molecule has 0 atom stereocenters. The molecule has 0 unspecified atom stereocenters. The molecule has 0 saturated heterocycles. The second-order valence-electron chi connectivity index (χ2n) is 0.231. The van der Waals surface area contributed by atoms with Gasteiger partial charge in [-0.1, -0.05) is 0 Å². The van der Waals surface area contributed by atoms with E-state index in [0.717, 1.165) is 0 Å². The van der Waals surface area contributed by atoms with Gasteiger partial charge in [0.15, 0.2) is 0 Å². The fraction of sp³-hybridized carbons (Fsp3) is 0. The molecule has 0 bridgehead atoms. The molecular weight excluding hydrogens is 135 g/mol. The monoisotopic (exact) mass is 142 g/mol. The Morgan fingerprint density at radius 1 is 1.29 bits per heavy atom.